The summed E-state index contributed by atoms with van der Waals surface area (Å²) in [5.41, 5.74) is 14.8. The van der Waals surface area contributed by atoms with Crippen molar-refractivity contribution in [1.29, 1.82) is 0 Å². The van der Waals surface area contributed by atoms with Gasteiger partial charge in [-0.2, -0.15) is 0 Å². The minimum atomic E-state index is -1.86. The number of rotatable bonds is 9. The van der Waals surface area contributed by atoms with E-state index in [1.807, 2.05) is 48.5 Å². The molecular weight excluding hydrogens is 1030 g/mol. The Morgan fingerprint density at radius 3 is 2.03 bits per heavy atom. The molecular formula is C58H56GeIrN4O-2. The quantitative estimate of drug-likeness (QED) is 0.107. The summed E-state index contributed by atoms with van der Waals surface area (Å²) in [6.07, 6.45) is 3.27. The smallest absolute Gasteiger partial charge is 0.156 e. The van der Waals surface area contributed by atoms with Gasteiger partial charge in [0.1, 0.15) is 5.58 Å². The number of nitrogens with zero attached hydrogens (tertiary/aromatic N) is 4. The number of hydrogen-bond donors (Lipinski definition) is 0. The fraction of sp³-hybridized carbons (Fsp3) is 0.224. The third kappa shape index (κ3) is 9.27. The summed E-state index contributed by atoms with van der Waals surface area (Å²) in [6.45, 7) is 13.6. The molecule has 0 fully saturated rings. The van der Waals surface area contributed by atoms with Crippen LogP contribution < -0.4 is 4.40 Å². The van der Waals surface area contributed by atoms with Gasteiger partial charge < -0.3 is 8.98 Å². The summed E-state index contributed by atoms with van der Waals surface area (Å²) >= 11 is -1.86. The minimum absolute atomic E-state index is 0. The molecule has 0 bridgehead atoms. The van der Waals surface area contributed by atoms with Crippen molar-refractivity contribution >= 4 is 61.7 Å². The first kappa shape index (κ1) is 45.9. The first-order chi connectivity index (χ1) is 30.9. The van der Waals surface area contributed by atoms with Gasteiger partial charge in [-0.05, 0) is 64.4 Å². The molecule has 65 heavy (non-hydrogen) atoms. The van der Waals surface area contributed by atoms with Crippen molar-refractivity contribution in [3.05, 3.63) is 175 Å². The molecule has 0 saturated heterocycles. The Bertz CT molecular complexity index is 3240. The molecule has 329 valence electrons. The molecule has 6 aromatic carbocycles. The number of imidazole rings is 1. The molecule has 10 rings (SSSR count). The van der Waals surface area contributed by atoms with Crippen LogP contribution in [0, 0.1) is 18.1 Å². The number of para-hydroxylation sites is 2. The zero-order valence-corrected chi connectivity index (χ0v) is 43.3. The maximum atomic E-state index is 6.53. The van der Waals surface area contributed by atoms with Crippen LogP contribution >= 0.6 is 0 Å². The van der Waals surface area contributed by atoms with Crippen molar-refractivity contribution in [2.75, 3.05) is 0 Å². The topological polar surface area (TPSA) is 56.7 Å². The zero-order valence-electron chi connectivity index (χ0n) is 38.8. The monoisotopic (exact) mass is 1090 g/mol. The van der Waals surface area contributed by atoms with Crippen LogP contribution in [-0.4, -0.2) is 32.8 Å². The van der Waals surface area contributed by atoms with Crippen LogP contribution in [0.25, 0.3) is 83.5 Å². The van der Waals surface area contributed by atoms with Crippen LogP contribution in [-0.2, 0) is 26.5 Å². The number of pyridine rings is 2. The van der Waals surface area contributed by atoms with Crippen molar-refractivity contribution < 1.29 is 24.5 Å². The summed E-state index contributed by atoms with van der Waals surface area (Å²) in [5, 5.41) is 3.20. The summed E-state index contributed by atoms with van der Waals surface area (Å²) in [5.74, 6) is 9.28. The van der Waals surface area contributed by atoms with Gasteiger partial charge in [0.25, 0.3) is 0 Å². The Morgan fingerprint density at radius 2 is 1.34 bits per heavy atom. The predicted octanol–water partition coefficient (Wildman–Crippen LogP) is 15.1. The molecule has 0 atom stereocenters. The normalized spacial score (nSPS) is 11.8. The van der Waals surface area contributed by atoms with Gasteiger partial charge >= 0.3 is 126 Å². The maximum absolute atomic E-state index is 6.53. The first-order valence-electron chi connectivity index (χ1n) is 22.7. The fourth-order valence-electron chi connectivity index (χ4n) is 8.94. The molecule has 4 heterocycles. The first-order valence-corrected chi connectivity index (χ1v) is 30.0. The molecule has 10 aromatic rings. The third-order valence-corrected chi connectivity index (χ3v) is 16.4. The zero-order chi connectivity index (χ0) is 44.7. The Morgan fingerprint density at radius 1 is 0.646 bits per heavy atom. The van der Waals surface area contributed by atoms with E-state index in [-0.39, 0.29) is 31.9 Å². The summed E-state index contributed by atoms with van der Waals surface area (Å²) in [4.78, 5) is 15.3. The van der Waals surface area contributed by atoms with Crippen molar-refractivity contribution in [2.24, 2.45) is 5.92 Å². The molecule has 0 aliphatic rings. The van der Waals surface area contributed by atoms with Crippen molar-refractivity contribution in [3.63, 3.8) is 0 Å². The van der Waals surface area contributed by atoms with Crippen LogP contribution in [0.1, 0.15) is 70.1 Å². The Balaban J connectivity index is 0.000000232. The summed E-state index contributed by atoms with van der Waals surface area (Å²) in [6, 6.07) is 55.2. The second kappa shape index (κ2) is 19.1. The van der Waals surface area contributed by atoms with E-state index in [2.05, 4.69) is 173 Å². The van der Waals surface area contributed by atoms with Gasteiger partial charge in [-0.25, -0.2) is 4.98 Å². The Labute approximate surface area is 400 Å². The van der Waals surface area contributed by atoms with E-state index < -0.39 is 13.3 Å². The SMILES string of the molecule is CC(C)Cc1cc(-c2[c-]cccc2)nc[c]1[Ge]([CH3])([CH3])[CH3].CC(C)c1cc(-c2ccccc2)cc(C(C)C)c1-n1c(-c2[c-]ccc3c2oc2ccccc23)nc2cc3ccccc3nc21.[Ir]. The van der Waals surface area contributed by atoms with Crippen molar-refractivity contribution in [3.8, 4) is 39.5 Å². The number of benzene rings is 6. The van der Waals surface area contributed by atoms with Gasteiger partial charge in [0.05, 0.1) is 22.4 Å². The molecule has 0 aliphatic heterocycles. The Hall–Kier alpha value is -5.66. The van der Waals surface area contributed by atoms with Gasteiger partial charge in [0, 0.05) is 36.6 Å². The standard InChI is InChI=1S/C40H32N3O.C18H24GeN.Ir/c1-24(2)32-21-28(26-13-6-5-7-14-26)22-33(25(3)4)37(32)43-39(42-35-23-27-15-8-10-19-34(27)41-40(35)43)31-18-12-17-30-29-16-9-11-20-36(29)44-38(30)31;1-14(2)11-16-12-18(15-9-7-6-8-10-15)20-13-17(16)19(3,4)5;/h5-17,19-25H,1-4H3;6-9,12-14H,11H2,1-5H3;/q2*-1;. The molecule has 0 amide bonds. The molecule has 0 aliphatic carbocycles. The second-order valence-electron chi connectivity index (χ2n) is 19.0. The van der Waals surface area contributed by atoms with Crippen molar-refractivity contribution in [1.82, 2.24) is 19.5 Å². The molecule has 0 saturated carbocycles. The van der Waals surface area contributed by atoms with Gasteiger partial charge in [0.15, 0.2) is 5.65 Å². The van der Waals surface area contributed by atoms with Crippen LogP contribution in [0.2, 0.25) is 17.3 Å². The number of aromatic nitrogens is 4. The molecule has 4 aromatic heterocycles. The van der Waals surface area contributed by atoms with Crippen LogP contribution in [0.5, 0.6) is 0 Å². The molecule has 1 radical (unpaired) electrons. The molecule has 0 spiro atoms. The number of furan rings is 1. The van der Waals surface area contributed by atoms with E-state index in [4.69, 9.17) is 19.4 Å². The van der Waals surface area contributed by atoms with Crippen LogP contribution in [0.15, 0.2) is 150 Å². The van der Waals surface area contributed by atoms with E-state index in [1.165, 1.54) is 27.8 Å². The third-order valence-electron chi connectivity index (χ3n) is 12.1. The fourth-order valence-corrected chi connectivity index (χ4v) is 12.3. The van der Waals surface area contributed by atoms with Crippen LogP contribution in [0.3, 0.4) is 0 Å². The average molecular weight is 1090 g/mol. The second-order valence-corrected chi connectivity index (χ2v) is 29.6. The van der Waals surface area contributed by atoms with E-state index in [0.29, 0.717) is 5.92 Å². The minimum Gasteiger partial charge on any atom is -0.501 e. The Kier molecular flexibility index (Phi) is 13.5. The molecule has 5 nitrogen and oxygen atoms in total. The largest absolute Gasteiger partial charge is 0.501 e. The maximum Gasteiger partial charge on any atom is 0.156 e. The van der Waals surface area contributed by atoms with Gasteiger partial charge in [0.2, 0.25) is 0 Å². The van der Waals surface area contributed by atoms with Gasteiger partial charge in [-0.3, -0.25) is 4.98 Å². The van der Waals surface area contributed by atoms with Crippen LogP contribution in [0.4, 0.5) is 0 Å². The average Bonchev–Trinajstić information content (AvgIpc) is 3.86. The van der Waals surface area contributed by atoms with E-state index in [9.17, 15) is 0 Å². The summed E-state index contributed by atoms with van der Waals surface area (Å²) < 4.78 is 10.3. The number of hydrogen-bond acceptors (Lipinski definition) is 4. The summed E-state index contributed by atoms with van der Waals surface area (Å²) in [7, 11) is 0. The van der Waals surface area contributed by atoms with E-state index in [1.54, 1.807) is 4.40 Å². The number of fused-ring (bicyclic) bond motifs is 5. The van der Waals surface area contributed by atoms with E-state index in [0.717, 1.165) is 78.8 Å². The van der Waals surface area contributed by atoms with Gasteiger partial charge in [-0.1, -0.05) is 105 Å². The molecule has 0 N–H and O–H groups in total. The molecule has 7 heteroatoms. The molecule has 0 unspecified atom stereocenters. The predicted molar refractivity (Wildman–Crippen MR) is 272 cm³/mol. The van der Waals surface area contributed by atoms with Crippen molar-refractivity contribution in [2.45, 2.75) is 77.1 Å². The van der Waals surface area contributed by atoms with Gasteiger partial charge in [-0.15, -0.1) is 18.2 Å². The van der Waals surface area contributed by atoms with E-state index >= 15 is 0 Å².